The number of hydrogen-bond acceptors (Lipinski definition) is 2. The minimum atomic E-state index is -0.107. The minimum Gasteiger partial charge on any atom is -0.358 e. The van der Waals surface area contributed by atoms with Crippen LogP contribution in [0.5, 0.6) is 0 Å². The van der Waals surface area contributed by atoms with Crippen molar-refractivity contribution in [3.63, 3.8) is 0 Å². The van der Waals surface area contributed by atoms with Gasteiger partial charge in [0.1, 0.15) is 0 Å². The van der Waals surface area contributed by atoms with E-state index in [4.69, 9.17) is 0 Å². The monoisotopic (exact) mass is 274 g/mol. The van der Waals surface area contributed by atoms with Crippen molar-refractivity contribution in [3.8, 4) is 0 Å². The average Bonchev–Trinajstić information content (AvgIpc) is 3.27. The van der Waals surface area contributed by atoms with Gasteiger partial charge in [-0.3, -0.25) is 4.79 Å². The Hall–Kier alpha value is -1.35. The van der Waals surface area contributed by atoms with Crippen LogP contribution in [-0.4, -0.2) is 19.0 Å². The minimum absolute atomic E-state index is 0.0806. The van der Waals surface area contributed by atoms with E-state index in [0.717, 1.165) is 18.9 Å². The Morgan fingerprint density at radius 1 is 1.35 bits per heavy atom. The lowest BCUT2D eigenvalue weighted by molar-refractivity contribution is -0.123. The lowest BCUT2D eigenvalue weighted by atomic mass is 10.0. The molecule has 0 aliphatic heterocycles. The molecule has 0 saturated heterocycles. The molecule has 0 heterocycles. The summed E-state index contributed by atoms with van der Waals surface area (Å²) in [6.07, 6.45) is 3.51. The van der Waals surface area contributed by atoms with Crippen molar-refractivity contribution in [2.75, 3.05) is 7.05 Å². The molecule has 0 spiro atoms. The zero-order chi connectivity index (χ0) is 14.5. The van der Waals surface area contributed by atoms with E-state index in [1.165, 1.54) is 24.0 Å². The standard InChI is InChI=1S/C17H26N2O/c1-12(2)9-16(17(20)18-3)19-11-13-5-4-6-15(10-13)14-7-8-14/h4-6,10,12,14,16,19H,7-9,11H2,1-3H3,(H,18,20). The molecule has 1 unspecified atom stereocenters. The molecule has 2 N–H and O–H groups in total. The highest BCUT2D eigenvalue weighted by atomic mass is 16.2. The Balaban J connectivity index is 1.93. The van der Waals surface area contributed by atoms with E-state index in [0.29, 0.717) is 5.92 Å². The molecule has 3 nitrogen and oxygen atoms in total. The van der Waals surface area contributed by atoms with E-state index >= 15 is 0 Å². The highest BCUT2D eigenvalue weighted by Crippen LogP contribution is 2.40. The first-order valence-electron chi connectivity index (χ1n) is 7.64. The molecule has 1 amide bonds. The van der Waals surface area contributed by atoms with E-state index < -0.39 is 0 Å². The molecule has 0 aromatic heterocycles. The van der Waals surface area contributed by atoms with E-state index in [2.05, 4.69) is 48.7 Å². The fraction of sp³-hybridized carbons (Fsp3) is 0.588. The van der Waals surface area contributed by atoms with Gasteiger partial charge in [0.25, 0.3) is 0 Å². The predicted octanol–water partition coefficient (Wildman–Crippen LogP) is 2.81. The summed E-state index contributed by atoms with van der Waals surface area (Å²) >= 11 is 0. The molecule has 0 bridgehead atoms. The maximum atomic E-state index is 11.9. The maximum Gasteiger partial charge on any atom is 0.236 e. The van der Waals surface area contributed by atoms with Crippen LogP contribution in [0, 0.1) is 5.92 Å². The summed E-state index contributed by atoms with van der Waals surface area (Å²) in [5, 5.41) is 6.14. The average molecular weight is 274 g/mol. The van der Waals surface area contributed by atoms with Crippen LogP contribution in [0.2, 0.25) is 0 Å². The molecule has 1 aromatic rings. The second kappa shape index (κ2) is 6.89. The van der Waals surface area contributed by atoms with Gasteiger partial charge in [-0.15, -0.1) is 0 Å². The van der Waals surface area contributed by atoms with Crippen molar-refractivity contribution >= 4 is 5.91 Å². The molecule has 1 aromatic carbocycles. The zero-order valence-electron chi connectivity index (χ0n) is 12.8. The van der Waals surface area contributed by atoms with Crippen molar-refractivity contribution in [1.82, 2.24) is 10.6 Å². The third-order valence-corrected chi connectivity index (χ3v) is 3.82. The van der Waals surface area contributed by atoms with Gasteiger partial charge in [0, 0.05) is 13.6 Å². The molecule has 0 radical (unpaired) electrons. The first-order chi connectivity index (χ1) is 9.60. The molecule has 1 fully saturated rings. The van der Waals surface area contributed by atoms with Crippen LogP contribution >= 0.6 is 0 Å². The van der Waals surface area contributed by atoms with Crippen molar-refractivity contribution in [1.29, 1.82) is 0 Å². The molecule has 2 rings (SSSR count). The highest BCUT2D eigenvalue weighted by molar-refractivity contribution is 5.81. The van der Waals surface area contributed by atoms with Gasteiger partial charge < -0.3 is 10.6 Å². The Bertz CT molecular complexity index is 452. The van der Waals surface area contributed by atoms with Gasteiger partial charge in [0.15, 0.2) is 0 Å². The van der Waals surface area contributed by atoms with E-state index in [1.807, 2.05) is 0 Å². The predicted molar refractivity (Wildman–Crippen MR) is 82.6 cm³/mol. The molecule has 3 heteroatoms. The summed E-state index contributed by atoms with van der Waals surface area (Å²) in [5.74, 6) is 1.36. The molecule has 1 aliphatic carbocycles. The highest BCUT2D eigenvalue weighted by Gasteiger charge is 2.23. The van der Waals surface area contributed by atoms with Gasteiger partial charge in [0.2, 0.25) is 5.91 Å². The summed E-state index contributed by atoms with van der Waals surface area (Å²) < 4.78 is 0. The number of benzene rings is 1. The van der Waals surface area contributed by atoms with Crippen molar-refractivity contribution in [2.24, 2.45) is 5.92 Å². The summed E-state index contributed by atoms with van der Waals surface area (Å²) in [4.78, 5) is 11.9. The first kappa shape index (κ1) is 15.0. The number of carbonyl (C=O) groups is 1. The molecular weight excluding hydrogens is 248 g/mol. The maximum absolute atomic E-state index is 11.9. The van der Waals surface area contributed by atoms with Crippen LogP contribution in [-0.2, 0) is 11.3 Å². The smallest absolute Gasteiger partial charge is 0.236 e. The van der Waals surface area contributed by atoms with E-state index in [-0.39, 0.29) is 11.9 Å². The van der Waals surface area contributed by atoms with Crippen molar-refractivity contribution < 1.29 is 4.79 Å². The van der Waals surface area contributed by atoms with E-state index in [1.54, 1.807) is 7.05 Å². The molecule has 110 valence electrons. The normalized spacial score (nSPS) is 16.2. The van der Waals surface area contributed by atoms with Gasteiger partial charge in [-0.2, -0.15) is 0 Å². The summed E-state index contributed by atoms with van der Waals surface area (Å²) in [6.45, 7) is 5.04. The van der Waals surface area contributed by atoms with Gasteiger partial charge in [-0.25, -0.2) is 0 Å². The SMILES string of the molecule is CNC(=O)C(CC(C)C)NCc1cccc(C2CC2)c1. The van der Waals surface area contributed by atoms with Crippen molar-refractivity contribution in [3.05, 3.63) is 35.4 Å². The number of rotatable bonds is 7. The summed E-state index contributed by atoms with van der Waals surface area (Å²) in [7, 11) is 1.70. The largest absolute Gasteiger partial charge is 0.358 e. The quantitative estimate of drug-likeness (QED) is 0.803. The van der Waals surface area contributed by atoms with Gasteiger partial charge in [0.05, 0.1) is 6.04 Å². The number of amides is 1. The van der Waals surface area contributed by atoms with Crippen LogP contribution in [0.15, 0.2) is 24.3 Å². The topological polar surface area (TPSA) is 41.1 Å². The molecule has 1 atom stereocenters. The Kier molecular flexibility index (Phi) is 5.18. The van der Waals surface area contributed by atoms with Crippen LogP contribution in [0.1, 0.15) is 50.2 Å². The Labute approximate surface area is 122 Å². The van der Waals surface area contributed by atoms with Crippen LogP contribution in [0.25, 0.3) is 0 Å². The first-order valence-corrected chi connectivity index (χ1v) is 7.64. The van der Waals surface area contributed by atoms with Crippen LogP contribution < -0.4 is 10.6 Å². The second-order valence-electron chi connectivity index (χ2n) is 6.20. The molecule has 20 heavy (non-hydrogen) atoms. The Morgan fingerprint density at radius 3 is 2.70 bits per heavy atom. The summed E-state index contributed by atoms with van der Waals surface area (Å²) in [6, 6.07) is 8.65. The van der Waals surface area contributed by atoms with E-state index in [9.17, 15) is 4.79 Å². The lowest BCUT2D eigenvalue weighted by Gasteiger charge is -2.19. The van der Waals surface area contributed by atoms with Crippen LogP contribution in [0.3, 0.4) is 0 Å². The third-order valence-electron chi connectivity index (χ3n) is 3.82. The van der Waals surface area contributed by atoms with Crippen LogP contribution in [0.4, 0.5) is 0 Å². The number of likely N-dealkylation sites (N-methyl/N-ethyl adjacent to an activating group) is 1. The Morgan fingerprint density at radius 2 is 2.10 bits per heavy atom. The van der Waals surface area contributed by atoms with Crippen molar-refractivity contribution in [2.45, 2.75) is 51.6 Å². The molecule has 1 aliphatic rings. The fourth-order valence-electron chi connectivity index (χ4n) is 2.54. The molecule has 1 saturated carbocycles. The zero-order valence-corrected chi connectivity index (χ0v) is 12.8. The van der Waals surface area contributed by atoms with Gasteiger partial charge in [-0.05, 0) is 42.2 Å². The van der Waals surface area contributed by atoms with Gasteiger partial charge in [-0.1, -0.05) is 38.1 Å². The summed E-state index contributed by atoms with van der Waals surface area (Å²) in [5.41, 5.74) is 2.72. The second-order valence-corrected chi connectivity index (χ2v) is 6.20. The number of nitrogens with one attached hydrogen (secondary N) is 2. The number of hydrogen-bond donors (Lipinski definition) is 2. The third kappa shape index (κ3) is 4.34. The number of carbonyl (C=O) groups excluding carboxylic acids is 1. The van der Waals surface area contributed by atoms with Gasteiger partial charge >= 0.3 is 0 Å². The molecular formula is C17H26N2O. The lowest BCUT2D eigenvalue weighted by Crippen LogP contribution is -2.43. The fourth-order valence-corrected chi connectivity index (χ4v) is 2.54.